The molecule has 96 valence electrons. The fourth-order valence-electron chi connectivity index (χ4n) is 2.54. The lowest BCUT2D eigenvalue weighted by Crippen LogP contribution is -2.38. The summed E-state index contributed by atoms with van der Waals surface area (Å²) in [5.41, 5.74) is 8.64. The lowest BCUT2D eigenvalue weighted by molar-refractivity contribution is 0.462. The summed E-state index contributed by atoms with van der Waals surface area (Å²) in [7, 11) is 3.62. The molecule has 5 heteroatoms. The average molecular weight is 247 g/mol. The molecule has 0 bridgehead atoms. The van der Waals surface area contributed by atoms with Crippen molar-refractivity contribution in [2.24, 2.45) is 12.8 Å². The van der Waals surface area contributed by atoms with Crippen molar-refractivity contribution in [3.8, 4) is 0 Å². The molecule has 0 radical (unpaired) electrons. The van der Waals surface area contributed by atoms with Crippen LogP contribution in [0.25, 0.3) is 11.1 Å². The first-order chi connectivity index (χ1) is 8.55. The molecule has 1 atom stereocenters. The standard InChI is InChI=1S/C13H17N3O2/c1-15-11(13(14)5-6-13)8-3-4-10-9(7-8)16(2)12(17)18-10/h3-4,7,11,15H,5-6,14H2,1-2H3. The minimum absolute atomic E-state index is 0.118. The maximum absolute atomic E-state index is 11.5. The van der Waals surface area contributed by atoms with Gasteiger partial charge >= 0.3 is 5.76 Å². The van der Waals surface area contributed by atoms with Crippen molar-refractivity contribution in [2.45, 2.75) is 24.4 Å². The van der Waals surface area contributed by atoms with Crippen molar-refractivity contribution >= 4 is 11.1 Å². The molecule has 1 unspecified atom stereocenters. The van der Waals surface area contributed by atoms with E-state index in [1.54, 1.807) is 7.05 Å². The van der Waals surface area contributed by atoms with Gasteiger partial charge in [0.2, 0.25) is 0 Å². The Kier molecular flexibility index (Phi) is 2.36. The van der Waals surface area contributed by atoms with Gasteiger partial charge < -0.3 is 15.5 Å². The monoisotopic (exact) mass is 247 g/mol. The number of aryl methyl sites for hydroxylation is 1. The molecule has 1 aromatic carbocycles. The zero-order chi connectivity index (χ0) is 12.9. The summed E-state index contributed by atoms with van der Waals surface area (Å²) in [4.78, 5) is 11.5. The van der Waals surface area contributed by atoms with Crippen LogP contribution in [0.15, 0.2) is 27.4 Å². The van der Waals surface area contributed by atoms with Crippen LogP contribution < -0.4 is 16.8 Å². The number of nitrogens with zero attached hydrogens (tertiary/aromatic N) is 1. The molecule has 0 aliphatic heterocycles. The first-order valence-corrected chi connectivity index (χ1v) is 6.11. The number of hydrogen-bond acceptors (Lipinski definition) is 4. The lowest BCUT2D eigenvalue weighted by atomic mass is 9.98. The van der Waals surface area contributed by atoms with Crippen molar-refractivity contribution in [2.75, 3.05) is 7.05 Å². The van der Waals surface area contributed by atoms with E-state index >= 15 is 0 Å². The van der Waals surface area contributed by atoms with Crippen molar-refractivity contribution in [3.05, 3.63) is 34.3 Å². The number of fused-ring (bicyclic) bond motifs is 1. The molecule has 1 aliphatic carbocycles. The Hall–Kier alpha value is -1.59. The smallest absolute Gasteiger partial charge is 0.408 e. The van der Waals surface area contributed by atoms with E-state index in [1.165, 1.54) is 4.57 Å². The van der Waals surface area contributed by atoms with Crippen LogP contribution in [0.1, 0.15) is 24.4 Å². The minimum Gasteiger partial charge on any atom is -0.408 e. The summed E-state index contributed by atoms with van der Waals surface area (Å²) in [5, 5.41) is 3.27. The van der Waals surface area contributed by atoms with Gasteiger partial charge in [0.15, 0.2) is 5.58 Å². The number of aromatic nitrogens is 1. The highest BCUT2D eigenvalue weighted by Crippen LogP contribution is 2.43. The average Bonchev–Trinajstić information content (AvgIpc) is 3.02. The zero-order valence-corrected chi connectivity index (χ0v) is 10.6. The van der Waals surface area contributed by atoms with Crippen molar-refractivity contribution in [1.29, 1.82) is 0 Å². The van der Waals surface area contributed by atoms with E-state index in [9.17, 15) is 4.79 Å². The maximum atomic E-state index is 11.5. The molecule has 3 N–H and O–H groups in total. The summed E-state index contributed by atoms with van der Waals surface area (Å²) >= 11 is 0. The molecular formula is C13H17N3O2. The fourth-order valence-corrected chi connectivity index (χ4v) is 2.54. The number of hydrogen-bond donors (Lipinski definition) is 2. The van der Waals surface area contributed by atoms with Crippen LogP contribution >= 0.6 is 0 Å². The highest BCUT2D eigenvalue weighted by atomic mass is 16.4. The molecule has 0 saturated heterocycles. The van der Waals surface area contributed by atoms with E-state index in [1.807, 2.05) is 25.2 Å². The van der Waals surface area contributed by atoms with E-state index in [0.717, 1.165) is 23.9 Å². The predicted octanol–water partition coefficient (Wildman–Crippen LogP) is 0.883. The fraction of sp³-hybridized carbons (Fsp3) is 0.462. The number of likely N-dealkylation sites (N-methyl/N-ethyl adjacent to an activating group) is 1. The summed E-state index contributed by atoms with van der Waals surface area (Å²) in [6.45, 7) is 0. The molecule has 1 heterocycles. The summed E-state index contributed by atoms with van der Waals surface area (Å²) in [5.74, 6) is -0.336. The van der Waals surface area contributed by atoms with E-state index in [2.05, 4.69) is 5.32 Å². The number of nitrogens with two attached hydrogens (primary N) is 1. The second kappa shape index (κ2) is 3.70. The van der Waals surface area contributed by atoms with Crippen LogP contribution in [-0.2, 0) is 7.05 Å². The highest BCUT2D eigenvalue weighted by molar-refractivity contribution is 5.74. The molecule has 1 aliphatic rings. The SMILES string of the molecule is CNC(c1ccc2oc(=O)n(C)c2c1)C1(N)CC1. The lowest BCUT2D eigenvalue weighted by Gasteiger charge is -2.23. The van der Waals surface area contributed by atoms with Crippen LogP contribution in [0.5, 0.6) is 0 Å². The molecule has 2 aromatic rings. The van der Waals surface area contributed by atoms with Gasteiger partial charge in [0.25, 0.3) is 0 Å². The van der Waals surface area contributed by atoms with Gasteiger partial charge in [0, 0.05) is 12.6 Å². The first-order valence-electron chi connectivity index (χ1n) is 6.11. The van der Waals surface area contributed by atoms with Gasteiger partial charge in [0.05, 0.1) is 11.6 Å². The Morgan fingerprint density at radius 1 is 1.50 bits per heavy atom. The van der Waals surface area contributed by atoms with E-state index < -0.39 is 0 Å². The number of nitrogens with one attached hydrogen (secondary N) is 1. The van der Waals surface area contributed by atoms with Gasteiger partial charge in [-0.15, -0.1) is 0 Å². The van der Waals surface area contributed by atoms with E-state index in [-0.39, 0.29) is 17.3 Å². The van der Waals surface area contributed by atoms with Crippen molar-refractivity contribution in [3.63, 3.8) is 0 Å². The molecule has 1 aromatic heterocycles. The Morgan fingerprint density at radius 2 is 2.22 bits per heavy atom. The number of oxazole rings is 1. The van der Waals surface area contributed by atoms with Crippen LogP contribution in [0.4, 0.5) is 0 Å². The van der Waals surface area contributed by atoms with Crippen LogP contribution in [0, 0.1) is 0 Å². The molecule has 3 rings (SSSR count). The molecular weight excluding hydrogens is 230 g/mol. The van der Waals surface area contributed by atoms with Gasteiger partial charge in [-0.05, 0) is 37.6 Å². The third-order valence-electron chi connectivity index (χ3n) is 3.84. The first kappa shape index (κ1) is 11.5. The van der Waals surface area contributed by atoms with E-state index in [0.29, 0.717) is 5.58 Å². The Bertz CT molecular complexity index is 652. The summed E-state index contributed by atoms with van der Waals surface area (Å²) in [6, 6.07) is 5.91. The number of rotatable bonds is 3. The van der Waals surface area contributed by atoms with Gasteiger partial charge in [-0.1, -0.05) is 6.07 Å². The van der Waals surface area contributed by atoms with E-state index in [4.69, 9.17) is 10.2 Å². The molecule has 18 heavy (non-hydrogen) atoms. The molecule has 1 saturated carbocycles. The van der Waals surface area contributed by atoms with Crippen molar-refractivity contribution < 1.29 is 4.42 Å². The summed E-state index contributed by atoms with van der Waals surface area (Å²) < 4.78 is 6.64. The third kappa shape index (κ3) is 1.59. The normalized spacial score (nSPS) is 19.1. The quantitative estimate of drug-likeness (QED) is 0.844. The molecule has 0 spiro atoms. The Morgan fingerprint density at radius 3 is 2.83 bits per heavy atom. The summed E-state index contributed by atoms with van der Waals surface area (Å²) in [6.07, 6.45) is 2.06. The second-order valence-corrected chi connectivity index (χ2v) is 5.11. The van der Waals surface area contributed by atoms with Crippen LogP contribution in [0.2, 0.25) is 0 Å². The Labute approximate surface area is 105 Å². The molecule has 1 fully saturated rings. The molecule has 5 nitrogen and oxygen atoms in total. The van der Waals surface area contributed by atoms with Crippen LogP contribution in [-0.4, -0.2) is 17.2 Å². The highest BCUT2D eigenvalue weighted by Gasteiger charge is 2.45. The van der Waals surface area contributed by atoms with Crippen molar-refractivity contribution in [1.82, 2.24) is 9.88 Å². The van der Waals surface area contributed by atoms with Gasteiger partial charge in [0.1, 0.15) is 0 Å². The largest absolute Gasteiger partial charge is 0.419 e. The Balaban J connectivity index is 2.12. The zero-order valence-electron chi connectivity index (χ0n) is 10.6. The van der Waals surface area contributed by atoms with Gasteiger partial charge in [-0.3, -0.25) is 4.57 Å². The predicted molar refractivity (Wildman–Crippen MR) is 69.4 cm³/mol. The molecule has 0 amide bonds. The van der Waals surface area contributed by atoms with Crippen LogP contribution in [0.3, 0.4) is 0 Å². The second-order valence-electron chi connectivity index (χ2n) is 5.11. The minimum atomic E-state index is -0.336. The maximum Gasteiger partial charge on any atom is 0.419 e. The topological polar surface area (TPSA) is 73.2 Å². The third-order valence-corrected chi connectivity index (χ3v) is 3.84. The van der Waals surface area contributed by atoms with Gasteiger partial charge in [-0.25, -0.2) is 4.79 Å². The van der Waals surface area contributed by atoms with Gasteiger partial charge in [-0.2, -0.15) is 0 Å². The number of benzene rings is 1.